The average Bonchev–Trinajstić information content (AvgIpc) is 3.05. The standard InChI is InChI=1S/C17H15N3OS2/c21-16(8-11-22-14-4-2-1-3-5-14)20-17-19-15(12-23-17)13-6-9-18-10-7-13/h1-7,9-10,12H,8,11H2,(H,19,20,21). The van der Waals surface area contributed by atoms with Crippen LogP contribution < -0.4 is 5.32 Å². The number of anilines is 1. The first-order valence-electron chi connectivity index (χ1n) is 7.15. The fraction of sp³-hybridized carbons (Fsp3) is 0.118. The van der Waals surface area contributed by atoms with Crippen molar-refractivity contribution in [1.29, 1.82) is 0 Å². The number of hydrogen-bond acceptors (Lipinski definition) is 5. The summed E-state index contributed by atoms with van der Waals surface area (Å²) in [6, 6.07) is 13.9. The first kappa shape index (κ1) is 15.7. The number of pyridine rings is 1. The van der Waals surface area contributed by atoms with Crippen LogP contribution in [0.5, 0.6) is 0 Å². The fourth-order valence-electron chi connectivity index (χ4n) is 1.95. The molecule has 4 nitrogen and oxygen atoms in total. The van der Waals surface area contributed by atoms with Crippen LogP contribution >= 0.6 is 23.1 Å². The van der Waals surface area contributed by atoms with Crippen LogP contribution in [0.2, 0.25) is 0 Å². The first-order valence-corrected chi connectivity index (χ1v) is 9.01. The average molecular weight is 341 g/mol. The third-order valence-corrected chi connectivity index (χ3v) is 4.84. The monoisotopic (exact) mass is 341 g/mol. The summed E-state index contributed by atoms with van der Waals surface area (Å²) in [6.45, 7) is 0. The van der Waals surface area contributed by atoms with Gasteiger partial charge in [0.25, 0.3) is 0 Å². The Morgan fingerprint density at radius 1 is 1.13 bits per heavy atom. The second-order valence-electron chi connectivity index (χ2n) is 4.73. The highest BCUT2D eigenvalue weighted by molar-refractivity contribution is 7.99. The number of nitrogens with one attached hydrogen (secondary N) is 1. The van der Waals surface area contributed by atoms with E-state index in [9.17, 15) is 4.79 Å². The number of carbonyl (C=O) groups is 1. The maximum Gasteiger partial charge on any atom is 0.226 e. The Hall–Kier alpha value is -2.18. The largest absolute Gasteiger partial charge is 0.302 e. The molecule has 0 atom stereocenters. The van der Waals surface area contributed by atoms with E-state index in [-0.39, 0.29) is 5.91 Å². The van der Waals surface area contributed by atoms with Gasteiger partial charge >= 0.3 is 0 Å². The van der Waals surface area contributed by atoms with Crippen LogP contribution in [-0.4, -0.2) is 21.6 Å². The molecule has 0 saturated carbocycles. The predicted molar refractivity (Wildman–Crippen MR) is 95.8 cm³/mol. The summed E-state index contributed by atoms with van der Waals surface area (Å²) in [6.07, 6.45) is 3.92. The number of rotatable bonds is 6. The van der Waals surface area contributed by atoms with Gasteiger partial charge in [-0.2, -0.15) is 0 Å². The second kappa shape index (κ2) is 7.89. The molecule has 0 fully saturated rings. The van der Waals surface area contributed by atoms with Gasteiger partial charge in [-0.05, 0) is 24.3 Å². The number of benzene rings is 1. The summed E-state index contributed by atoms with van der Waals surface area (Å²) in [5.74, 6) is 0.738. The van der Waals surface area contributed by atoms with Gasteiger partial charge < -0.3 is 5.32 Å². The molecule has 2 heterocycles. The Morgan fingerprint density at radius 2 is 1.91 bits per heavy atom. The highest BCUT2D eigenvalue weighted by atomic mass is 32.2. The van der Waals surface area contributed by atoms with Crippen molar-refractivity contribution in [3.8, 4) is 11.3 Å². The number of thiazole rings is 1. The van der Waals surface area contributed by atoms with Crippen molar-refractivity contribution < 1.29 is 4.79 Å². The van der Waals surface area contributed by atoms with Crippen molar-refractivity contribution >= 4 is 34.1 Å². The van der Waals surface area contributed by atoms with E-state index in [1.54, 1.807) is 24.2 Å². The zero-order valence-electron chi connectivity index (χ0n) is 12.3. The van der Waals surface area contributed by atoms with E-state index in [0.29, 0.717) is 11.6 Å². The molecule has 0 radical (unpaired) electrons. The highest BCUT2D eigenvalue weighted by Gasteiger charge is 2.08. The zero-order valence-corrected chi connectivity index (χ0v) is 13.9. The molecule has 0 aliphatic carbocycles. The van der Waals surface area contributed by atoms with Crippen molar-refractivity contribution in [2.45, 2.75) is 11.3 Å². The van der Waals surface area contributed by atoms with E-state index in [0.717, 1.165) is 17.0 Å². The Labute approximate surface area is 143 Å². The van der Waals surface area contributed by atoms with Gasteiger partial charge in [-0.25, -0.2) is 4.98 Å². The number of carbonyl (C=O) groups excluding carboxylic acids is 1. The topological polar surface area (TPSA) is 54.9 Å². The maximum atomic E-state index is 12.0. The number of hydrogen-bond donors (Lipinski definition) is 1. The molecule has 3 aromatic rings. The van der Waals surface area contributed by atoms with Crippen molar-refractivity contribution in [2.75, 3.05) is 11.1 Å². The van der Waals surface area contributed by atoms with Crippen LogP contribution in [-0.2, 0) is 4.79 Å². The molecule has 116 valence electrons. The number of thioether (sulfide) groups is 1. The minimum Gasteiger partial charge on any atom is -0.302 e. The van der Waals surface area contributed by atoms with Gasteiger partial charge in [0.2, 0.25) is 5.91 Å². The molecule has 3 rings (SSSR count). The van der Waals surface area contributed by atoms with E-state index >= 15 is 0 Å². The second-order valence-corrected chi connectivity index (χ2v) is 6.76. The lowest BCUT2D eigenvalue weighted by Gasteiger charge is -2.02. The Kier molecular flexibility index (Phi) is 5.39. The summed E-state index contributed by atoms with van der Waals surface area (Å²) in [5.41, 5.74) is 1.85. The van der Waals surface area contributed by atoms with Crippen LogP contribution in [0.1, 0.15) is 6.42 Å². The molecule has 0 saturated heterocycles. The first-order chi connectivity index (χ1) is 11.3. The molecular weight excluding hydrogens is 326 g/mol. The smallest absolute Gasteiger partial charge is 0.226 e. The molecule has 1 amide bonds. The summed E-state index contributed by atoms with van der Waals surface area (Å²) >= 11 is 3.11. The SMILES string of the molecule is O=C(CCSc1ccccc1)Nc1nc(-c2ccncc2)cs1. The minimum absolute atomic E-state index is 0.0101. The van der Waals surface area contributed by atoms with Crippen LogP contribution in [0.3, 0.4) is 0 Å². The zero-order chi connectivity index (χ0) is 15.9. The molecule has 0 unspecified atom stereocenters. The Morgan fingerprint density at radius 3 is 2.70 bits per heavy atom. The van der Waals surface area contributed by atoms with Gasteiger partial charge in [-0.15, -0.1) is 23.1 Å². The Balaban J connectivity index is 1.49. The number of nitrogens with zero attached hydrogens (tertiary/aromatic N) is 2. The van der Waals surface area contributed by atoms with Gasteiger partial charge in [0.05, 0.1) is 5.69 Å². The van der Waals surface area contributed by atoms with Gasteiger partial charge in [-0.3, -0.25) is 9.78 Å². The quantitative estimate of drug-likeness (QED) is 0.678. The molecular formula is C17H15N3OS2. The van der Waals surface area contributed by atoms with Crippen molar-refractivity contribution in [1.82, 2.24) is 9.97 Å². The van der Waals surface area contributed by atoms with Crippen LogP contribution in [0.15, 0.2) is 65.1 Å². The molecule has 1 aromatic carbocycles. The van der Waals surface area contributed by atoms with Gasteiger partial charge in [0, 0.05) is 40.4 Å². The van der Waals surface area contributed by atoms with Crippen molar-refractivity contribution in [2.24, 2.45) is 0 Å². The fourth-order valence-corrected chi connectivity index (χ4v) is 3.56. The van der Waals surface area contributed by atoms with Crippen molar-refractivity contribution in [3.63, 3.8) is 0 Å². The predicted octanol–water partition coefficient (Wildman–Crippen LogP) is 4.33. The summed E-state index contributed by atoms with van der Waals surface area (Å²) in [7, 11) is 0. The maximum absolute atomic E-state index is 12.0. The lowest BCUT2D eigenvalue weighted by molar-refractivity contribution is -0.115. The minimum atomic E-state index is -0.0101. The molecule has 0 aliphatic rings. The third kappa shape index (κ3) is 4.64. The normalized spacial score (nSPS) is 10.4. The third-order valence-electron chi connectivity index (χ3n) is 3.07. The summed E-state index contributed by atoms with van der Waals surface area (Å²) in [5, 5.41) is 5.42. The van der Waals surface area contributed by atoms with Gasteiger partial charge in [0.1, 0.15) is 0 Å². The summed E-state index contributed by atoms with van der Waals surface area (Å²) < 4.78 is 0. The van der Waals surface area contributed by atoms with E-state index in [1.807, 2.05) is 47.8 Å². The lowest BCUT2D eigenvalue weighted by Crippen LogP contribution is -2.11. The van der Waals surface area contributed by atoms with E-state index in [1.165, 1.54) is 16.2 Å². The molecule has 2 aromatic heterocycles. The Bertz CT molecular complexity index is 760. The lowest BCUT2D eigenvalue weighted by atomic mass is 10.2. The molecule has 0 aliphatic heterocycles. The molecule has 1 N–H and O–H groups in total. The molecule has 23 heavy (non-hydrogen) atoms. The highest BCUT2D eigenvalue weighted by Crippen LogP contribution is 2.24. The van der Waals surface area contributed by atoms with E-state index in [2.05, 4.69) is 15.3 Å². The van der Waals surface area contributed by atoms with Gasteiger partial charge in [-0.1, -0.05) is 18.2 Å². The molecule has 0 bridgehead atoms. The summed E-state index contributed by atoms with van der Waals surface area (Å²) in [4.78, 5) is 21.6. The van der Waals surface area contributed by atoms with Crippen LogP contribution in [0.25, 0.3) is 11.3 Å². The number of amides is 1. The van der Waals surface area contributed by atoms with Crippen LogP contribution in [0, 0.1) is 0 Å². The molecule has 0 spiro atoms. The van der Waals surface area contributed by atoms with Gasteiger partial charge in [0.15, 0.2) is 5.13 Å². The van der Waals surface area contributed by atoms with E-state index in [4.69, 9.17) is 0 Å². The van der Waals surface area contributed by atoms with Crippen LogP contribution in [0.4, 0.5) is 5.13 Å². The number of aromatic nitrogens is 2. The van der Waals surface area contributed by atoms with E-state index < -0.39 is 0 Å². The molecule has 6 heteroatoms. The van der Waals surface area contributed by atoms with Crippen molar-refractivity contribution in [3.05, 3.63) is 60.2 Å².